The number of likely N-dealkylation sites (N-methyl/N-ethyl adjacent to an activating group) is 2. The van der Waals surface area contributed by atoms with Crippen LogP contribution in [0.25, 0.3) is 0 Å². The van der Waals surface area contributed by atoms with Gasteiger partial charge in [0.25, 0.3) is 5.91 Å². The summed E-state index contributed by atoms with van der Waals surface area (Å²) in [6.07, 6.45) is 3.54. The Labute approximate surface area is 206 Å². The predicted molar refractivity (Wildman–Crippen MR) is 137 cm³/mol. The van der Waals surface area contributed by atoms with Gasteiger partial charge in [0.15, 0.2) is 0 Å². The van der Waals surface area contributed by atoms with Crippen molar-refractivity contribution < 1.29 is 14.3 Å². The van der Waals surface area contributed by atoms with E-state index in [4.69, 9.17) is 4.74 Å². The maximum atomic E-state index is 13.0. The van der Waals surface area contributed by atoms with E-state index in [0.717, 1.165) is 56.1 Å². The zero-order valence-electron chi connectivity index (χ0n) is 20.7. The molecule has 2 aromatic rings. The van der Waals surface area contributed by atoms with Gasteiger partial charge in [-0.05, 0) is 45.0 Å². The van der Waals surface area contributed by atoms with Gasteiger partial charge in [0.1, 0.15) is 11.9 Å². The fourth-order valence-corrected chi connectivity index (χ4v) is 5.24. The Balaban J connectivity index is 1.39. The van der Waals surface area contributed by atoms with Crippen molar-refractivity contribution in [1.29, 1.82) is 0 Å². The third-order valence-corrected chi connectivity index (χ3v) is 7.36. The first kappa shape index (κ1) is 23.6. The second-order valence-electron chi connectivity index (χ2n) is 9.68. The van der Waals surface area contributed by atoms with Crippen molar-refractivity contribution >= 4 is 34.7 Å². The summed E-state index contributed by atoms with van der Waals surface area (Å²) in [6, 6.07) is 9.59. The lowest BCUT2D eigenvalue weighted by molar-refractivity contribution is -0.119. The summed E-state index contributed by atoms with van der Waals surface area (Å²) in [7, 11) is 3.89. The summed E-state index contributed by atoms with van der Waals surface area (Å²) >= 11 is 0. The molecule has 3 aliphatic rings. The number of rotatable bonds is 4. The van der Waals surface area contributed by atoms with Crippen LogP contribution in [0.15, 0.2) is 36.5 Å². The zero-order valence-corrected chi connectivity index (χ0v) is 20.7. The third-order valence-electron chi connectivity index (χ3n) is 7.36. The average molecular weight is 479 g/mol. The number of pyridine rings is 1. The molecule has 1 N–H and O–H groups in total. The largest absolute Gasteiger partial charge is 0.381 e. The lowest BCUT2D eigenvalue weighted by Gasteiger charge is -2.45. The van der Waals surface area contributed by atoms with Gasteiger partial charge in [-0.25, -0.2) is 4.98 Å². The van der Waals surface area contributed by atoms with Gasteiger partial charge >= 0.3 is 0 Å². The van der Waals surface area contributed by atoms with E-state index in [0.29, 0.717) is 24.6 Å². The number of fused-ring (bicyclic) bond motifs is 1. The second-order valence-corrected chi connectivity index (χ2v) is 9.68. The highest BCUT2D eigenvalue weighted by Gasteiger charge is 2.38. The fraction of sp³-hybridized carbons (Fsp3) is 0.500. The molecule has 9 nitrogen and oxygen atoms in total. The molecular formula is C26H34N6O3. The number of amides is 2. The van der Waals surface area contributed by atoms with Crippen LogP contribution >= 0.6 is 0 Å². The highest BCUT2D eigenvalue weighted by atomic mass is 16.5. The highest BCUT2D eigenvalue weighted by molar-refractivity contribution is 6.05. The van der Waals surface area contributed by atoms with Crippen molar-refractivity contribution in [2.45, 2.75) is 31.8 Å². The Bertz CT molecular complexity index is 1090. The first-order chi connectivity index (χ1) is 16.9. The Hall–Kier alpha value is -3.17. The third kappa shape index (κ3) is 4.70. The number of hydrogen-bond donors (Lipinski definition) is 1. The summed E-state index contributed by atoms with van der Waals surface area (Å²) in [5.74, 6) is 0.807. The lowest BCUT2D eigenvalue weighted by Crippen LogP contribution is -2.55. The van der Waals surface area contributed by atoms with E-state index in [-0.39, 0.29) is 23.9 Å². The van der Waals surface area contributed by atoms with Crippen LogP contribution in [0.5, 0.6) is 0 Å². The Morgan fingerprint density at radius 1 is 1.06 bits per heavy atom. The van der Waals surface area contributed by atoms with E-state index in [1.807, 2.05) is 42.2 Å². The van der Waals surface area contributed by atoms with Crippen molar-refractivity contribution in [1.82, 2.24) is 14.8 Å². The molecule has 9 heteroatoms. The molecule has 3 aliphatic heterocycles. The average Bonchev–Trinajstić information content (AvgIpc) is 2.88. The topological polar surface area (TPSA) is 81.2 Å². The monoisotopic (exact) mass is 478 g/mol. The summed E-state index contributed by atoms with van der Waals surface area (Å²) in [4.78, 5) is 38.6. The summed E-state index contributed by atoms with van der Waals surface area (Å²) in [5, 5.41) is 3.38. The highest BCUT2D eigenvalue weighted by Crippen LogP contribution is 2.39. The molecular weight excluding hydrogens is 444 g/mol. The van der Waals surface area contributed by atoms with Crippen molar-refractivity contribution in [2.24, 2.45) is 0 Å². The number of hydrogen-bond acceptors (Lipinski definition) is 7. The molecule has 0 bridgehead atoms. The maximum absolute atomic E-state index is 13.0. The van der Waals surface area contributed by atoms with Crippen molar-refractivity contribution in [3.05, 3.63) is 42.1 Å². The van der Waals surface area contributed by atoms with Crippen LogP contribution < -0.4 is 15.1 Å². The fourth-order valence-electron chi connectivity index (χ4n) is 5.24. The molecule has 0 unspecified atom stereocenters. The number of anilines is 4. The molecule has 186 valence electrons. The van der Waals surface area contributed by atoms with Gasteiger partial charge in [-0.15, -0.1) is 0 Å². The van der Waals surface area contributed by atoms with Gasteiger partial charge in [-0.1, -0.05) is 6.07 Å². The summed E-state index contributed by atoms with van der Waals surface area (Å²) in [6.45, 7) is 6.65. The molecule has 0 saturated carbocycles. The van der Waals surface area contributed by atoms with Crippen LogP contribution in [0.1, 0.15) is 30.1 Å². The van der Waals surface area contributed by atoms with Gasteiger partial charge in [-0.2, -0.15) is 0 Å². The first-order valence-electron chi connectivity index (χ1n) is 12.4. The van der Waals surface area contributed by atoms with Crippen LogP contribution in [0.3, 0.4) is 0 Å². The number of aromatic nitrogens is 1. The standard InChI is InChI=1S/C26H34N6O3/c1-18-25(33)30(3)23-17-27-24(16-22(23)32(18)21-7-13-35-14-8-21)28-20-6-4-5-19(15-20)26(34)31-11-9-29(2)10-12-31/h4-6,15-18,21H,7-14H2,1-3H3,(H,27,28)/t18-/m0/s1. The SMILES string of the molecule is C[C@H]1C(=O)N(C)c2cnc(Nc3cccc(C(=O)N4CCN(C)CC4)c3)cc2N1C1CCOCC1. The number of piperazine rings is 1. The van der Waals surface area contributed by atoms with Gasteiger partial charge in [0.05, 0.1) is 17.6 Å². The van der Waals surface area contributed by atoms with Crippen molar-refractivity contribution in [3.8, 4) is 0 Å². The molecule has 5 rings (SSSR count). The molecule has 35 heavy (non-hydrogen) atoms. The van der Waals surface area contributed by atoms with Gasteiger partial charge in [0.2, 0.25) is 5.91 Å². The van der Waals surface area contributed by atoms with Gasteiger partial charge in [0, 0.05) is 69.8 Å². The normalized spacial score (nSPS) is 21.7. The van der Waals surface area contributed by atoms with Crippen LogP contribution in [0, 0.1) is 0 Å². The number of ether oxygens (including phenoxy) is 1. The van der Waals surface area contributed by atoms with Gasteiger partial charge < -0.3 is 29.7 Å². The smallest absolute Gasteiger partial charge is 0.254 e. The summed E-state index contributed by atoms with van der Waals surface area (Å²) < 4.78 is 5.56. The van der Waals surface area contributed by atoms with E-state index in [1.165, 1.54) is 0 Å². The number of benzene rings is 1. The molecule has 1 aromatic carbocycles. The Morgan fingerprint density at radius 2 is 1.80 bits per heavy atom. The van der Waals surface area contributed by atoms with Crippen LogP contribution in [-0.4, -0.2) is 92.2 Å². The number of carbonyl (C=O) groups is 2. The minimum Gasteiger partial charge on any atom is -0.381 e. The lowest BCUT2D eigenvalue weighted by atomic mass is 10.00. The molecule has 4 heterocycles. The van der Waals surface area contributed by atoms with E-state index in [1.54, 1.807) is 18.1 Å². The second kappa shape index (κ2) is 9.83. The molecule has 2 amide bonds. The molecule has 2 fully saturated rings. The van der Waals surface area contributed by atoms with Crippen molar-refractivity contribution in [3.63, 3.8) is 0 Å². The Kier molecular flexibility index (Phi) is 6.62. The zero-order chi connectivity index (χ0) is 24.5. The van der Waals surface area contributed by atoms with Crippen LogP contribution in [0.4, 0.5) is 22.9 Å². The number of nitrogens with zero attached hydrogens (tertiary/aromatic N) is 5. The van der Waals surface area contributed by atoms with Crippen LogP contribution in [-0.2, 0) is 9.53 Å². The minimum absolute atomic E-state index is 0.0554. The van der Waals surface area contributed by atoms with Crippen molar-refractivity contribution in [2.75, 3.05) is 68.6 Å². The minimum atomic E-state index is -0.254. The molecule has 1 atom stereocenters. The van der Waals surface area contributed by atoms with Crippen LogP contribution in [0.2, 0.25) is 0 Å². The molecule has 1 aromatic heterocycles. The Morgan fingerprint density at radius 3 is 2.54 bits per heavy atom. The molecule has 0 aliphatic carbocycles. The summed E-state index contributed by atoms with van der Waals surface area (Å²) in [5.41, 5.74) is 3.28. The van der Waals surface area contributed by atoms with E-state index in [2.05, 4.69) is 27.1 Å². The number of carbonyl (C=O) groups excluding carboxylic acids is 2. The van der Waals surface area contributed by atoms with Gasteiger partial charge in [-0.3, -0.25) is 9.59 Å². The molecule has 0 radical (unpaired) electrons. The predicted octanol–water partition coefficient (Wildman–Crippen LogP) is 2.56. The van der Waals surface area contributed by atoms with E-state index < -0.39 is 0 Å². The first-order valence-corrected chi connectivity index (χ1v) is 12.4. The van der Waals surface area contributed by atoms with E-state index in [9.17, 15) is 9.59 Å². The molecule has 0 spiro atoms. The number of nitrogens with one attached hydrogen (secondary N) is 1. The quantitative estimate of drug-likeness (QED) is 0.723. The van der Waals surface area contributed by atoms with E-state index >= 15 is 0 Å². The molecule has 2 saturated heterocycles. The maximum Gasteiger partial charge on any atom is 0.254 e.